The van der Waals surface area contributed by atoms with Crippen LogP contribution in [0.1, 0.15) is 124 Å². The van der Waals surface area contributed by atoms with Crippen LogP contribution >= 0.6 is 0 Å². The van der Waals surface area contributed by atoms with Gasteiger partial charge in [-0.1, -0.05) is 134 Å². The predicted octanol–water partition coefficient (Wildman–Crippen LogP) is 8.80. The molecule has 1 amide bonds. The first-order chi connectivity index (χ1) is 32.8. The van der Waals surface area contributed by atoms with Crippen LogP contribution in [0.3, 0.4) is 0 Å². The zero-order valence-electron chi connectivity index (χ0n) is 40.0. The third-order valence-electron chi connectivity index (χ3n) is 11.3. The number of benzene rings is 1. The number of nitrogens with one attached hydrogen (secondary N) is 1. The van der Waals surface area contributed by atoms with E-state index in [2.05, 4.69) is 194 Å². The fraction of sp³-hybridized carbons (Fsp3) is 0.459. The first kappa shape index (κ1) is 54.3. The van der Waals surface area contributed by atoms with Gasteiger partial charge in [-0.15, -0.1) is 0 Å². The molecule has 1 aromatic rings. The highest BCUT2D eigenvalue weighted by Crippen LogP contribution is 2.39. The maximum absolute atomic E-state index is 13.2. The van der Waals surface area contributed by atoms with Gasteiger partial charge in [-0.25, -0.2) is 0 Å². The van der Waals surface area contributed by atoms with Gasteiger partial charge >= 0.3 is 0 Å². The van der Waals surface area contributed by atoms with E-state index in [-0.39, 0.29) is 48.5 Å². The van der Waals surface area contributed by atoms with E-state index in [4.69, 9.17) is 18.9 Å². The summed E-state index contributed by atoms with van der Waals surface area (Å²) in [5.74, 6) is 61.5. The first-order valence-corrected chi connectivity index (χ1v) is 23.3. The van der Waals surface area contributed by atoms with E-state index < -0.39 is 18.5 Å². The van der Waals surface area contributed by atoms with E-state index >= 15 is 0 Å². The Morgan fingerprint density at radius 3 is 1.72 bits per heavy atom. The number of carbonyl (C=O) groups is 1. The molecule has 2 heterocycles. The van der Waals surface area contributed by atoms with Crippen LogP contribution in [0.5, 0.6) is 0 Å². The minimum absolute atomic E-state index is 0.0354. The van der Waals surface area contributed by atoms with Crippen molar-refractivity contribution in [2.24, 2.45) is 23.7 Å². The number of carbonyl (C=O) groups excluding carboxylic acids is 1. The summed E-state index contributed by atoms with van der Waals surface area (Å²) >= 11 is 0. The molecule has 6 nitrogen and oxygen atoms in total. The summed E-state index contributed by atoms with van der Waals surface area (Å²) in [5.41, 5.74) is 0.985. The molecular formula is C61H61NO5. The van der Waals surface area contributed by atoms with Crippen LogP contribution in [0.4, 0.5) is 0 Å². The second-order valence-electron chi connectivity index (χ2n) is 16.1. The fourth-order valence-electron chi connectivity index (χ4n) is 7.06. The lowest BCUT2D eigenvalue weighted by Gasteiger charge is -2.48. The molecule has 2 saturated heterocycles. The minimum atomic E-state index is -0.497. The van der Waals surface area contributed by atoms with Crippen LogP contribution in [0.25, 0.3) is 0 Å². The minimum Gasteiger partial charge on any atom is -0.350 e. The quantitative estimate of drug-likeness (QED) is 0.0856. The molecule has 0 aliphatic carbocycles. The molecule has 3 rings (SSSR count). The van der Waals surface area contributed by atoms with Gasteiger partial charge in [-0.3, -0.25) is 4.79 Å². The predicted molar refractivity (Wildman–Crippen MR) is 268 cm³/mol. The Hall–Kier alpha value is -7.01. The molecule has 0 aromatic heterocycles. The molecule has 0 radical (unpaired) electrons. The van der Waals surface area contributed by atoms with Gasteiger partial charge in [0.1, 0.15) is 6.10 Å². The van der Waals surface area contributed by atoms with E-state index in [0.717, 1.165) is 18.4 Å². The van der Waals surface area contributed by atoms with Crippen molar-refractivity contribution >= 4 is 5.91 Å². The zero-order chi connectivity index (χ0) is 48.0. The van der Waals surface area contributed by atoms with Crippen LogP contribution in [-0.2, 0) is 23.7 Å². The van der Waals surface area contributed by atoms with Gasteiger partial charge in [0, 0.05) is 52.9 Å². The Morgan fingerprint density at radius 2 is 1.18 bits per heavy atom. The van der Waals surface area contributed by atoms with Gasteiger partial charge in [0.15, 0.2) is 12.6 Å². The maximum Gasteiger partial charge on any atom is 0.297 e. The van der Waals surface area contributed by atoms with Crippen molar-refractivity contribution in [1.29, 1.82) is 0 Å². The molecule has 1 aromatic carbocycles. The van der Waals surface area contributed by atoms with Crippen molar-refractivity contribution in [3.8, 4) is 142 Å². The van der Waals surface area contributed by atoms with Gasteiger partial charge in [-0.2, -0.15) is 0 Å². The molecule has 0 spiro atoms. The van der Waals surface area contributed by atoms with Crippen LogP contribution < -0.4 is 5.32 Å². The molecule has 340 valence electrons. The van der Waals surface area contributed by atoms with Crippen molar-refractivity contribution in [1.82, 2.24) is 5.32 Å². The monoisotopic (exact) mass is 887 g/mol. The molecular weight excluding hydrogens is 827 g/mol. The summed E-state index contributed by atoms with van der Waals surface area (Å²) in [6.45, 7) is 13.3. The fourth-order valence-corrected chi connectivity index (χ4v) is 7.06. The molecule has 9 atom stereocenters. The van der Waals surface area contributed by atoms with Crippen LogP contribution in [0, 0.1) is 166 Å². The van der Waals surface area contributed by atoms with Gasteiger partial charge in [0.05, 0.1) is 25.4 Å². The second kappa shape index (κ2) is 35.3. The summed E-state index contributed by atoms with van der Waals surface area (Å²) in [5, 5.41) is 3.10. The second-order valence-corrected chi connectivity index (χ2v) is 16.1. The molecule has 6 unspecified atom stereocenters. The molecule has 1 N–H and O–H groups in total. The van der Waals surface area contributed by atoms with E-state index in [1.54, 1.807) is 6.92 Å². The van der Waals surface area contributed by atoms with Gasteiger partial charge < -0.3 is 24.3 Å². The lowest BCUT2D eigenvalue weighted by Crippen LogP contribution is -2.56. The number of unbranched alkanes of at least 4 members (excludes halogenated alkanes) is 9. The van der Waals surface area contributed by atoms with Crippen molar-refractivity contribution in [3.63, 3.8) is 0 Å². The van der Waals surface area contributed by atoms with E-state index in [9.17, 15) is 4.79 Å². The van der Waals surface area contributed by atoms with Crippen molar-refractivity contribution in [3.05, 3.63) is 48.0 Å². The van der Waals surface area contributed by atoms with Crippen LogP contribution in [-0.4, -0.2) is 43.7 Å². The number of allylic oxidation sites excluding steroid dienone is 2. The third-order valence-corrected chi connectivity index (χ3v) is 11.3. The highest BCUT2D eigenvalue weighted by molar-refractivity contribution is 5.94. The summed E-state index contributed by atoms with van der Waals surface area (Å²) < 4.78 is 25.5. The Balaban J connectivity index is 1.55. The number of amides is 1. The summed E-state index contributed by atoms with van der Waals surface area (Å²) in [6.07, 6.45) is 17.1. The van der Waals surface area contributed by atoms with Crippen LogP contribution in [0.15, 0.2) is 42.5 Å². The summed E-state index contributed by atoms with van der Waals surface area (Å²) in [6, 6.07) is 9.64. The smallest absolute Gasteiger partial charge is 0.297 e. The molecule has 6 heteroatoms. The van der Waals surface area contributed by atoms with Gasteiger partial charge in [0.2, 0.25) is 0 Å². The lowest BCUT2D eigenvalue weighted by molar-refractivity contribution is -0.343. The SMILES string of the molecule is CC#CC#CC#CC#CC#CC#CC#CC#CC#CC#CC#CC#CC(=O)N[C@@H](COC1OC2COC(c3ccccc3)OC2C(C)C1C)[C@H](C)[C@H](C)CC=CCCCCCCCCCCC. The molecule has 2 fully saturated rings. The molecule has 67 heavy (non-hydrogen) atoms. The summed E-state index contributed by atoms with van der Waals surface area (Å²) in [7, 11) is 0. The Kier molecular flexibility index (Phi) is 28.6. The zero-order valence-corrected chi connectivity index (χ0v) is 40.0. The van der Waals surface area contributed by atoms with E-state index in [1.165, 1.54) is 57.8 Å². The first-order valence-electron chi connectivity index (χ1n) is 23.3. The highest BCUT2D eigenvalue weighted by atomic mass is 16.7. The number of hydrogen-bond acceptors (Lipinski definition) is 5. The Labute approximate surface area is 403 Å². The van der Waals surface area contributed by atoms with E-state index in [0.29, 0.717) is 6.61 Å². The van der Waals surface area contributed by atoms with Crippen molar-refractivity contribution < 1.29 is 23.7 Å². The molecule has 2 aliphatic heterocycles. The molecule has 0 saturated carbocycles. The largest absolute Gasteiger partial charge is 0.350 e. The van der Waals surface area contributed by atoms with E-state index in [1.807, 2.05) is 30.3 Å². The molecule has 0 bridgehead atoms. The highest BCUT2D eigenvalue weighted by Gasteiger charge is 2.47. The van der Waals surface area contributed by atoms with Crippen molar-refractivity contribution in [2.75, 3.05) is 13.2 Å². The summed E-state index contributed by atoms with van der Waals surface area (Å²) in [4.78, 5) is 13.2. The number of ether oxygens (including phenoxy) is 4. The normalized spacial score (nSPS) is 19.3. The van der Waals surface area contributed by atoms with Gasteiger partial charge in [0.25, 0.3) is 5.91 Å². The Bertz CT molecular complexity index is 2570. The third kappa shape index (κ3) is 23.7. The average Bonchev–Trinajstić information content (AvgIpc) is 3.34. The number of rotatable bonds is 19. The number of hydrogen-bond donors (Lipinski definition) is 1. The standard InChI is InChI=1S/C61H61NO5/c1-7-9-11-13-15-17-19-21-22-23-24-25-26-27-28-29-30-31-33-35-37-39-44-48-58(63)62-56(52(4)51(3)45-41-38-36-34-32-20-18-16-14-12-10-8-2)49-64-60-54(6)53(5)59-57(66-60)50-65-61(67-59)55-46-42-40-43-47-55/h38,40-43,46-47,51-54,56-57,59-61H,8,10,12,14,16,18,20,32,34,36,45,49-50H2,1-6H3,(H,62,63)/t51-,52-,53?,54?,56+,57?,59?,60?,61?/m1/s1. The van der Waals surface area contributed by atoms with Crippen LogP contribution in [0.2, 0.25) is 0 Å². The lowest BCUT2D eigenvalue weighted by atomic mass is 9.84. The maximum atomic E-state index is 13.2. The topological polar surface area (TPSA) is 66.0 Å². The average molecular weight is 888 g/mol. The number of fused-ring (bicyclic) bond motifs is 1. The van der Waals surface area contributed by atoms with Crippen molar-refractivity contribution in [2.45, 2.75) is 143 Å². The Morgan fingerprint density at radius 1 is 0.672 bits per heavy atom. The van der Waals surface area contributed by atoms with Gasteiger partial charge in [-0.05, 0) is 139 Å². The molecule has 2 aliphatic rings.